The molecule has 2 aliphatic heterocycles. The van der Waals surface area contributed by atoms with Crippen LogP contribution in [0.4, 0.5) is 0 Å². The van der Waals surface area contributed by atoms with Gasteiger partial charge in [0.25, 0.3) is 0 Å². The number of fused-ring (bicyclic) bond motifs is 4. The summed E-state index contributed by atoms with van der Waals surface area (Å²) in [6.07, 6.45) is 0. The molecule has 2 heterocycles. The number of carbonyl (C=O) groups is 1. The largest absolute Gasteiger partial charge is 0.457 e. The summed E-state index contributed by atoms with van der Waals surface area (Å²) < 4.78 is 18.5. The molecule has 7 rings (SSSR count). The van der Waals surface area contributed by atoms with Gasteiger partial charge in [-0.2, -0.15) is 0 Å². The fourth-order valence-electron chi connectivity index (χ4n) is 6.25. The van der Waals surface area contributed by atoms with Crippen molar-refractivity contribution in [3.8, 4) is 46.7 Å². The van der Waals surface area contributed by atoms with Crippen molar-refractivity contribution in [3.63, 3.8) is 0 Å². The van der Waals surface area contributed by atoms with E-state index in [4.69, 9.17) is 14.2 Å². The lowest BCUT2D eigenvalue weighted by Crippen LogP contribution is -2.34. The zero-order valence-corrected chi connectivity index (χ0v) is 25.5. The third-order valence-electron chi connectivity index (χ3n) is 8.51. The van der Waals surface area contributed by atoms with Crippen LogP contribution in [0.15, 0.2) is 109 Å². The maximum atomic E-state index is 12.6. The van der Waals surface area contributed by atoms with Crippen molar-refractivity contribution in [2.24, 2.45) is 0 Å². The van der Waals surface area contributed by atoms with E-state index in [0.29, 0.717) is 22.6 Å². The SMILES string of the molecule is CC(=O)OC1(C#Cc2cc(C#CC3(C)c4ccccc4Oc4ccccc43)c(C)cc2C)c2ccccc2Oc2ccccc21. The minimum absolute atomic E-state index is 0.437. The van der Waals surface area contributed by atoms with Gasteiger partial charge in [-0.3, -0.25) is 4.79 Å². The third-order valence-corrected chi connectivity index (χ3v) is 8.51. The van der Waals surface area contributed by atoms with Gasteiger partial charge in [-0.25, -0.2) is 0 Å². The number of esters is 1. The van der Waals surface area contributed by atoms with E-state index in [1.54, 1.807) is 0 Å². The van der Waals surface area contributed by atoms with Crippen molar-refractivity contribution < 1.29 is 19.0 Å². The van der Waals surface area contributed by atoms with Crippen molar-refractivity contribution in [2.75, 3.05) is 0 Å². The zero-order valence-electron chi connectivity index (χ0n) is 25.5. The molecule has 5 aromatic carbocycles. The maximum absolute atomic E-state index is 12.6. The van der Waals surface area contributed by atoms with Gasteiger partial charge >= 0.3 is 5.97 Å². The number of aryl methyl sites for hydroxylation is 2. The van der Waals surface area contributed by atoms with Gasteiger partial charge in [0.1, 0.15) is 23.0 Å². The van der Waals surface area contributed by atoms with Gasteiger partial charge in [-0.05, 0) is 80.3 Å². The Bertz CT molecular complexity index is 2040. The van der Waals surface area contributed by atoms with Gasteiger partial charge in [0.2, 0.25) is 5.60 Å². The molecule has 5 aromatic rings. The molecule has 218 valence electrons. The number of rotatable bonds is 1. The topological polar surface area (TPSA) is 44.8 Å². The molecule has 0 spiro atoms. The minimum Gasteiger partial charge on any atom is -0.457 e. The minimum atomic E-state index is -1.34. The van der Waals surface area contributed by atoms with E-state index >= 15 is 0 Å². The van der Waals surface area contributed by atoms with Crippen LogP contribution in [-0.4, -0.2) is 5.97 Å². The van der Waals surface area contributed by atoms with Crippen LogP contribution in [0.25, 0.3) is 0 Å². The van der Waals surface area contributed by atoms with E-state index in [9.17, 15) is 4.79 Å². The van der Waals surface area contributed by atoms with E-state index in [1.807, 2.05) is 97.9 Å². The molecular formula is C41H30O4. The molecule has 0 saturated carbocycles. The highest BCUT2D eigenvalue weighted by Gasteiger charge is 2.44. The van der Waals surface area contributed by atoms with E-state index in [-0.39, 0.29) is 0 Å². The van der Waals surface area contributed by atoms with Crippen LogP contribution in [-0.2, 0) is 20.5 Å². The highest BCUT2D eigenvalue weighted by atomic mass is 16.6. The van der Waals surface area contributed by atoms with Gasteiger partial charge in [-0.15, -0.1) is 0 Å². The van der Waals surface area contributed by atoms with E-state index in [0.717, 1.165) is 44.9 Å². The van der Waals surface area contributed by atoms with Crippen molar-refractivity contribution in [3.05, 3.63) is 154 Å². The van der Waals surface area contributed by atoms with E-state index in [2.05, 4.69) is 55.7 Å². The third kappa shape index (κ3) is 4.73. The van der Waals surface area contributed by atoms with Gasteiger partial charge in [0.05, 0.1) is 16.5 Å². The van der Waals surface area contributed by atoms with Crippen LogP contribution >= 0.6 is 0 Å². The number of hydrogen-bond acceptors (Lipinski definition) is 4. The molecule has 2 aliphatic rings. The van der Waals surface area contributed by atoms with Crippen molar-refractivity contribution >= 4 is 5.97 Å². The summed E-state index contributed by atoms with van der Waals surface area (Å²) in [5, 5.41) is 0. The number of benzene rings is 5. The number of carbonyl (C=O) groups excluding carboxylic acids is 1. The Labute approximate surface area is 263 Å². The molecule has 45 heavy (non-hydrogen) atoms. The first-order chi connectivity index (χ1) is 21.8. The van der Waals surface area contributed by atoms with Gasteiger partial charge in [0, 0.05) is 29.2 Å². The second-order valence-corrected chi connectivity index (χ2v) is 11.6. The quantitative estimate of drug-likeness (QED) is 0.146. The first kappa shape index (κ1) is 28.1. The Balaban J connectivity index is 1.37. The molecule has 0 N–H and O–H groups in total. The van der Waals surface area contributed by atoms with Crippen LogP contribution in [0.5, 0.6) is 23.0 Å². The van der Waals surface area contributed by atoms with Gasteiger partial charge in [0.15, 0.2) is 0 Å². The average Bonchev–Trinajstić information content (AvgIpc) is 3.04. The first-order valence-corrected chi connectivity index (χ1v) is 14.9. The summed E-state index contributed by atoms with van der Waals surface area (Å²) in [5.41, 5.74) is 5.23. The molecule has 0 aliphatic carbocycles. The average molecular weight is 587 g/mol. The molecule has 0 unspecified atom stereocenters. The lowest BCUT2D eigenvalue weighted by Gasteiger charge is -2.35. The molecule has 4 nitrogen and oxygen atoms in total. The lowest BCUT2D eigenvalue weighted by atomic mass is 9.74. The molecule has 4 heteroatoms. The van der Waals surface area contributed by atoms with Crippen LogP contribution in [0.2, 0.25) is 0 Å². The molecular weight excluding hydrogens is 556 g/mol. The summed E-state index contributed by atoms with van der Waals surface area (Å²) >= 11 is 0. The number of hydrogen-bond donors (Lipinski definition) is 0. The number of para-hydroxylation sites is 4. The van der Waals surface area contributed by atoms with E-state index < -0.39 is 17.0 Å². The first-order valence-electron chi connectivity index (χ1n) is 14.9. The lowest BCUT2D eigenvalue weighted by molar-refractivity contribution is -0.149. The Hall–Kier alpha value is -5.71. The van der Waals surface area contributed by atoms with Crippen molar-refractivity contribution in [1.29, 1.82) is 0 Å². The summed E-state index contributed by atoms with van der Waals surface area (Å²) in [6, 6.07) is 35.4. The molecule has 0 bridgehead atoms. The summed E-state index contributed by atoms with van der Waals surface area (Å²) in [6.45, 7) is 7.65. The number of ether oxygens (including phenoxy) is 3. The fourth-order valence-corrected chi connectivity index (χ4v) is 6.25. The van der Waals surface area contributed by atoms with Crippen LogP contribution in [0.1, 0.15) is 58.4 Å². The van der Waals surface area contributed by atoms with Gasteiger partial charge in [-0.1, -0.05) is 84.5 Å². The Morgan fingerprint density at radius 1 is 0.600 bits per heavy atom. The van der Waals surface area contributed by atoms with Crippen molar-refractivity contribution in [1.82, 2.24) is 0 Å². The van der Waals surface area contributed by atoms with Gasteiger partial charge < -0.3 is 14.2 Å². The van der Waals surface area contributed by atoms with E-state index in [1.165, 1.54) is 6.92 Å². The summed E-state index contributed by atoms with van der Waals surface area (Å²) in [7, 11) is 0. The maximum Gasteiger partial charge on any atom is 0.304 e. The standard InChI is InChI=1S/C41H30O4/c1-27-25-28(2)31(22-24-41(45-29(3)42)34-15-7-11-19-38(34)44-39-20-12-8-16-35(39)41)26-30(27)21-23-40(4)32-13-5-9-17-36(32)43-37-18-10-6-14-33(37)40/h5-20,25-26H,1-4H3. The predicted molar refractivity (Wildman–Crippen MR) is 175 cm³/mol. The fraction of sp³-hybridized carbons (Fsp3) is 0.146. The molecule has 0 amide bonds. The summed E-state index contributed by atoms with van der Waals surface area (Å²) in [4.78, 5) is 12.6. The zero-order chi connectivity index (χ0) is 31.2. The normalized spacial score (nSPS) is 14.2. The molecule has 0 aromatic heterocycles. The Morgan fingerprint density at radius 3 is 1.47 bits per heavy atom. The molecule has 0 atom stereocenters. The second kappa shape index (κ2) is 10.8. The van der Waals surface area contributed by atoms with Crippen LogP contribution < -0.4 is 9.47 Å². The second-order valence-electron chi connectivity index (χ2n) is 11.6. The smallest absolute Gasteiger partial charge is 0.304 e. The summed E-state index contributed by atoms with van der Waals surface area (Å²) in [5.74, 6) is 16.3. The molecule has 0 saturated heterocycles. The van der Waals surface area contributed by atoms with Crippen molar-refractivity contribution in [2.45, 2.75) is 38.7 Å². The molecule has 0 radical (unpaired) electrons. The van der Waals surface area contributed by atoms with Crippen LogP contribution in [0.3, 0.4) is 0 Å². The highest BCUT2D eigenvalue weighted by Crippen LogP contribution is 2.49. The molecule has 0 fully saturated rings. The Morgan fingerprint density at radius 2 is 1.00 bits per heavy atom. The predicted octanol–water partition coefficient (Wildman–Crippen LogP) is 8.73. The highest BCUT2D eigenvalue weighted by molar-refractivity contribution is 5.72. The monoisotopic (exact) mass is 586 g/mol. The van der Waals surface area contributed by atoms with Crippen LogP contribution in [0, 0.1) is 37.5 Å². The Kier molecular flexibility index (Phi) is 6.73.